The average molecular weight is 525 g/mol. The number of piperazine rings is 1. The van der Waals surface area contributed by atoms with Crippen molar-refractivity contribution in [3.63, 3.8) is 0 Å². The molecule has 1 N–H and O–H groups in total. The number of halogens is 3. The number of hydrogen-bond donors (Lipinski definition) is 1. The highest BCUT2D eigenvalue weighted by Crippen LogP contribution is 2.42. The smallest absolute Gasteiger partial charge is 0.416 e. The van der Waals surface area contributed by atoms with E-state index in [0.29, 0.717) is 48.2 Å². The van der Waals surface area contributed by atoms with Gasteiger partial charge in [0.15, 0.2) is 5.75 Å². The molecule has 1 atom stereocenters. The Morgan fingerprint density at radius 2 is 1.79 bits per heavy atom. The molecular weight excluding hydrogens is 497 g/mol. The van der Waals surface area contributed by atoms with Crippen molar-refractivity contribution in [3.05, 3.63) is 77.4 Å². The molecular formula is C28H27F3N4O3. The summed E-state index contributed by atoms with van der Waals surface area (Å²) >= 11 is 0. The van der Waals surface area contributed by atoms with Crippen LogP contribution < -0.4 is 14.8 Å². The van der Waals surface area contributed by atoms with Crippen LogP contribution in [0.15, 0.2) is 65.7 Å². The summed E-state index contributed by atoms with van der Waals surface area (Å²) in [6.07, 6.45) is -4.52. The van der Waals surface area contributed by atoms with Crippen molar-refractivity contribution in [1.29, 1.82) is 0 Å². The van der Waals surface area contributed by atoms with Crippen molar-refractivity contribution in [2.75, 3.05) is 32.1 Å². The molecule has 0 aromatic heterocycles. The molecule has 1 saturated heterocycles. The first-order valence-corrected chi connectivity index (χ1v) is 12.2. The highest BCUT2D eigenvalue weighted by Gasteiger charge is 2.34. The second-order valence-corrected chi connectivity index (χ2v) is 9.36. The van der Waals surface area contributed by atoms with E-state index in [2.05, 4.69) is 10.3 Å². The van der Waals surface area contributed by atoms with Gasteiger partial charge < -0.3 is 24.6 Å². The maximum Gasteiger partial charge on any atom is 0.416 e. The Bertz CT molecular complexity index is 1390. The second kappa shape index (κ2) is 9.92. The number of nitrogens with zero attached hydrogens (tertiary/aromatic N) is 3. The molecule has 1 fully saturated rings. The molecule has 2 aliphatic heterocycles. The number of aliphatic imine (C=N–C) groups is 1. The summed E-state index contributed by atoms with van der Waals surface area (Å²) in [5, 5.41) is 2.93. The van der Waals surface area contributed by atoms with Gasteiger partial charge in [-0.3, -0.25) is 0 Å². The fourth-order valence-electron chi connectivity index (χ4n) is 4.58. The summed E-state index contributed by atoms with van der Waals surface area (Å²) in [7, 11) is 1.54. The number of carbonyl (C=O) groups is 1. The van der Waals surface area contributed by atoms with E-state index in [1.807, 2.05) is 43.0 Å². The van der Waals surface area contributed by atoms with E-state index < -0.39 is 11.7 Å². The van der Waals surface area contributed by atoms with Gasteiger partial charge >= 0.3 is 12.2 Å². The minimum atomic E-state index is -4.52. The van der Waals surface area contributed by atoms with Crippen LogP contribution in [0, 0.1) is 6.92 Å². The highest BCUT2D eigenvalue weighted by atomic mass is 19.4. The van der Waals surface area contributed by atoms with E-state index in [-0.39, 0.29) is 23.5 Å². The Labute approximate surface area is 218 Å². The first-order chi connectivity index (χ1) is 18.1. The Hall–Kier alpha value is -4.21. The van der Waals surface area contributed by atoms with Crippen molar-refractivity contribution < 1.29 is 27.4 Å². The van der Waals surface area contributed by atoms with Gasteiger partial charge in [0, 0.05) is 31.4 Å². The molecule has 38 heavy (non-hydrogen) atoms. The molecule has 0 unspecified atom stereocenters. The number of nitrogens with one attached hydrogen (secondary N) is 1. The Morgan fingerprint density at radius 3 is 2.47 bits per heavy atom. The van der Waals surface area contributed by atoms with Crippen molar-refractivity contribution in [2.45, 2.75) is 26.1 Å². The lowest BCUT2D eigenvalue weighted by Crippen LogP contribution is -2.56. The number of anilines is 1. The number of benzene rings is 3. The molecule has 5 rings (SSSR count). The number of hydrogen-bond acceptors (Lipinski definition) is 5. The molecule has 198 valence electrons. The van der Waals surface area contributed by atoms with Crippen LogP contribution in [0.5, 0.6) is 17.2 Å². The molecule has 10 heteroatoms. The molecule has 0 spiro atoms. The summed E-state index contributed by atoms with van der Waals surface area (Å²) in [6.45, 7) is 5.15. The number of fused-ring (bicyclic) bond motifs is 2. The van der Waals surface area contributed by atoms with Gasteiger partial charge in [-0.15, -0.1) is 0 Å². The zero-order chi connectivity index (χ0) is 27.0. The minimum Gasteiger partial charge on any atom is -0.497 e. The van der Waals surface area contributed by atoms with Crippen molar-refractivity contribution in [3.8, 4) is 17.2 Å². The molecule has 3 aromatic carbocycles. The van der Waals surface area contributed by atoms with Crippen LogP contribution in [0.25, 0.3) is 0 Å². The number of rotatable bonds is 2. The number of aryl methyl sites for hydroxylation is 1. The zero-order valence-corrected chi connectivity index (χ0v) is 21.2. The number of ether oxygens (including phenoxy) is 2. The lowest BCUT2D eigenvalue weighted by molar-refractivity contribution is -0.137. The predicted molar refractivity (Wildman–Crippen MR) is 139 cm³/mol. The van der Waals surface area contributed by atoms with Crippen molar-refractivity contribution in [1.82, 2.24) is 9.80 Å². The van der Waals surface area contributed by atoms with Gasteiger partial charge in [-0.2, -0.15) is 13.2 Å². The summed E-state index contributed by atoms with van der Waals surface area (Å²) in [5.74, 6) is 1.70. The van der Waals surface area contributed by atoms with E-state index in [1.165, 1.54) is 13.2 Å². The number of amides is 2. The molecule has 0 bridgehead atoms. The summed E-state index contributed by atoms with van der Waals surface area (Å²) in [6, 6.07) is 15.6. The molecule has 2 heterocycles. The fraction of sp³-hybridized carbons (Fsp3) is 0.286. The van der Waals surface area contributed by atoms with Gasteiger partial charge in [0.05, 0.1) is 18.2 Å². The van der Waals surface area contributed by atoms with Crippen LogP contribution in [0.4, 0.5) is 29.3 Å². The molecule has 0 radical (unpaired) electrons. The topological polar surface area (TPSA) is 66.4 Å². The lowest BCUT2D eigenvalue weighted by atomic mass is 10.1. The first kappa shape index (κ1) is 25.4. The molecule has 2 aliphatic rings. The molecule has 2 amide bonds. The Balaban J connectivity index is 1.45. The van der Waals surface area contributed by atoms with Crippen LogP contribution in [0.2, 0.25) is 0 Å². The maximum atomic E-state index is 13.5. The van der Waals surface area contributed by atoms with Crippen LogP contribution in [-0.4, -0.2) is 54.5 Å². The number of amidine groups is 1. The van der Waals surface area contributed by atoms with E-state index in [1.54, 1.807) is 23.1 Å². The number of alkyl halides is 3. The fourth-order valence-corrected chi connectivity index (χ4v) is 4.58. The third kappa shape index (κ3) is 5.11. The van der Waals surface area contributed by atoms with E-state index >= 15 is 0 Å². The van der Waals surface area contributed by atoms with Gasteiger partial charge in [0.25, 0.3) is 0 Å². The standard InChI is InChI=1S/C28H27F3N4O3/c1-17-4-7-20(8-5-17)32-27(36)35-13-12-34(16-18(35)2)26-22-15-21(37-3)9-11-24(22)38-25-10-6-19(28(29,30)31)14-23(25)33-26/h4-11,14-15,18H,12-13,16H2,1-3H3,(H,32,36)/t18-/m1/s1. The molecule has 7 nitrogen and oxygen atoms in total. The monoisotopic (exact) mass is 524 g/mol. The van der Waals surface area contributed by atoms with Gasteiger partial charge in [-0.1, -0.05) is 17.7 Å². The summed E-state index contributed by atoms with van der Waals surface area (Å²) < 4.78 is 51.8. The van der Waals surface area contributed by atoms with Crippen LogP contribution in [0.3, 0.4) is 0 Å². The van der Waals surface area contributed by atoms with Crippen molar-refractivity contribution >= 4 is 23.2 Å². The van der Waals surface area contributed by atoms with Crippen LogP contribution in [-0.2, 0) is 6.18 Å². The highest BCUT2D eigenvalue weighted by molar-refractivity contribution is 6.04. The van der Waals surface area contributed by atoms with Crippen LogP contribution >= 0.6 is 0 Å². The number of carbonyl (C=O) groups excluding carboxylic acids is 1. The summed E-state index contributed by atoms with van der Waals surface area (Å²) in [4.78, 5) is 21.4. The SMILES string of the molecule is COc1ccc2c(c1)C(N1CCN(C(=O)Nc3ccc(C)cc3)[C@H](C)C1)=Nc1cc(C(F)(F)F)ccc1O2. The van der Waals surface area contributed by atoms with E-state index in [9.17, 15) is 18.0 Å². The van der Waals surface area contributed by atoms with Crippen LogP contribution in [0.1, 0.15) is 23.6 Å². The molecule has 0 saturated carbocycles. The second-order valence-electron chi connectivity index (χ2n) is 9.36. The van der Waals surface area contributed by atoms with E-state index in [4.69, 9.17) is 9.47 Å². The quantitative estimate of drug-likeness (QED) is 0.419. The zero-order valence-electron chi connectivity index (χ0n) is 21.2. The molecule has 3 aromatic rings. The van der Waals surface area contributed by atoms with Crippen molar-refractivity contribution in [2.24, 2.45) is 4.99 Å². The Morgan fingerprint density at radius 1 is 1.05 bits per heavy atom. The number of urea groups is 1. The minimum absolute atomic E-state index is 0.0807. The maximum absolute atomic E-state index is 13.5. The summed E-state index contributed by atoms with van der Waals surface area (Å²) in [5.41, 5.74) is 1.67. The van der Waals surface area contributed by atoms with Gasteiger partial charge in [0.2, 0.25) is 0 Å². The third-order valence-electron chi connectivity index (χ3n) is 6.65. The average Bonchev–Trinajstić information content (AvgIpc) is 3.05. The normalized spacial score (nSPS) is 17.0. The third-order valence-corrected chi connectivity index (χ3v) is 6.65. The predicted octanol–water partition coefficient (Wildman–Crippen LogP) is 6.44. The number of methoxy groups -OCH3 is 1. The van der Waals surface area contributed by atoms with Gasteiger partial charge in [0.1, 0.15) is 23.0 Å². The van der Waals surface area contributed by atoms with Gasteiger partial charge in [-0.05, 0) is 62.4 Å². The lowest BCUT2D eigenvalue weighted by Gasteiger charge is -2.41. The van der Waals surface area contributed by atoms with E-state index in [0.717, 1.165) is 17.7 Å². The largest absolute Gasteiger partial charge is 0.497 e. The molecule has 0 aliphatic carbocycles. The van der Waals surface area contributed by atoms with Gasteiger partial charge in [-0.25, -0.2) is 9.79 Å². The first-order valence-electron chi connectivity index (χ1n) is 12.2. The Kier molecular flexibility index (Phi) is 6.64.